The van der Waals surface area contributed by atoms with E-state index in [1.165, 1.54) is 13.2 Å². The fourth-order valence-electron chi connectivity index (χ4n) is 2.22. The standard InChI is InChI=1S/C17H16BrN3O4S2/c1-24-14-6-4-12(18)11-16(14)27(22,23)19-8-9-25-17-7-5-13(20-21-17)15-3-2-10-26-15/h2-7,10-11,19H,8-9H2,1H3. The Bertz CT molecular complexity index is 994. The number of benzene rings is 1. The molecule has 0 saturated heterocycles. The zero-order valence-electron chi connectivity index (χ0n) is 14.3. The highest BCUT2D eigenvalue weighted by Crippen LogP contribution is 2.27. The smallest absolute Gasteiger partial charge is 0.244 e. The van der Waals surface area contributed by atoms with E-state index in [2.05, 4.69) is 30.8 Å². The molecule has 0 aliphatic rings. The van der Waals surface area contributed by atoms with E-state index in [0.717, 1.165) is 10.6 Å². The van der Waals surface area contributed by atoms with E-state index in [0.29, 0.717) is 10.4 Å². The van der Waals surface area contributed by atoms with Gasteiger partial charge in [0, 0.05) is 17.1 Å². The van der Waals surface area contributed by atoms with E-state index >= 15 is 0 Å². The van der Waals surface area contributed by atoms with Crippen molar-refractivity contribution in [3.8, 4) is 22.2 Å². The Labute approximate surface area is 169 Å². The van der Waals surface area contributed by atoms with Crippen LogP contribution in [0.2, 0.25) is 0 Å². The summed E-state index contributed by atoms with van der Waals surface area (Å²) >= 11 is 4.84. The number of halogens is 1. The van der Waals surface area contributed by atoms with Gasteiger partial charge in [-0.05, 0) is 35.7 Å². The number of thiophene rings is 1. The Morgan fingerprint density at radius 1 is 1.19 bits per heavy atom. The summed E-state index contributed by atoms with van der Waals surface area (Å²) in [7, 11) is -2.32. The zero-order valence-corrected chi connectivity index (χ0v) is 17.5. The summed E-state index contributed by atoms with van der Waals surface area (Å²) in [6, 6.07) is 12.2. The normalized spacial score (nSPS) is 11.3. The van der Waals surface area contributed by atoms with Crippen LogP contribution in [0.15, 0.2) is 57.2 Å². The van der Waals surface area contributed by atoms with Gasteiger partial charge in [-0.1, -0.05) is 22.0 Å². The molecule has 2 aromatic heterocycles. The van der Waals surface area contributed by atoms with Crippen molar-refractivity contribution in [1.82, 2.24) is 14.9 Å². The summed E-state index contributed by atoms with van der Waals surface area (Å²) in [6.45, 7) is 0.189. The molecular weight excluding hydrogens is 454 g/mol. The molecule has 3 aromatic rings. The van der Waals surface area contributed by atoms with E-state index in [1.807, 2.05) is 23.6 Å². The second kappa shape index (κ2) is 8.79. The maximum Gasteiger partial charge on any atom is 0.244 e. The molecule has 3 rings (SSSR count). The molecule has 10 heteroatoms. The van der Waals surface area contributed by atoms with Crippen LogP contribution in [0.3, 0.4) is 0 Å². The first kappa shape index (κ1) is 19.7. The first-order valence-corrected chi connectivity index (χ1v) is 11.0. The molecule has 1 N–H and O–H groups in total. The minimum Gasteiger partial charge on any atom is -0.495 e. The van der Waals surface area contributed by atoms with Gasteiger partial charge in [-0.3, -0.25) is 0 Å². The second-order valence-corrected chi connectivity index (χ2v) is 8.87. The van der Waals surface area contributed by atoms with Gasteiger partial charge in [-0.25, -0.2) is 13.1 Å². The molecule has 0 unspecified atom stereocenters. The van der Waals surface area contributed by atoms with Crippen LogP contribution >= 0.6 is 27.3 Å². The third kappa shape index (κ3) is 5.04. The first-order chi connectivity index (χ1) is 13.0. The Morgan fingerprint density at radius 3 is 2.70 bits per heavy atom. The van der Waals surface area contributed by atoms with Crippen molar-refractivity contribution < 1.29 is 17.9 Å². The molecule has 0 saturated carbocycles. The van der Waals surface area contributed by atoms with Crippen molar-refractivity contribution in [3.63, 3.8) is 0 Å². The lowest BCUT2D eigenvalue weighted by atomic mass is 10.3. The monoisotopic (exact) mass is 469 g/mol. The lowest BCUT2D eigenvalue weighted by Gasteiger charge is -2.11. The topological polar surface area (TPSA) is 90.4 Å². The third-order valence-electron chi connectivity index (χ3n) is 3.47. The van der Waals surface area contributed by atoms with Gasteiger partial charge in [0.25, 0.3) is 0 Å². The zero-order chi connectivity index (χ0) is 19.3. The summed E-state index contributed by atoms with van der Waals surface area (Å²) in [5.74, 6) is 0.594. The number of nitrogens with zero attached hydrogens (tertiary/aromatic N) is 2. The number of hydrogen-bond acceptors (Lipinski definition) is 7. The highest BCUT2D eigenvalue weighted by molar-refractivity contribution is 9.10. The van der Waals surface area contributed by atoms with E-state index in [4.69, 9.17) is 9.47 Å². The van der Waals surface area contributed by atoms with Crippen molar-refractivity contribution in [2.24, 2.45) is 0 Å². The number of rotatable bonds is 8. The molecule has 27 heavy (non-hydrogen) atoms. The quantitative estimate of drug-likeness (QED) is 0.508. The Kier molecular flexibility index (Phi) is 6.42. The van der Waals surface area contributed by atoms with Crippen LogP contribution in [0.25, 0.3) is 10.6 Å². The molecule has 0 amide bonds. The van der Waals surface area contributed by atoms with Gasteiger partial charge in [0.1, 0.15) is 22.9 Å². The molecule has 0 aliphatic heterocycles. The number of aromatic nitrogens is 2. The number of sulfonamides is 1. The minimum absolute atomic E-state index is 0.0551. The third-order valence-corrected chi connectivity index (χ3v) is 6.34. The summed E-state index contributed by atoms with van der Waals surface area (Å²) in [5.41, 5.74) is 0.764. The van der Waals surface area contributed by atoms with Crippen LogP contribution in [-0.2, 0) is 10.0 Å². The van der Waals surface area contributed by atoms with Crippen molar-refractivity contribution in [1.29, 1.82) is 0 Å². The number of nitrogens with one attached hydrogen (secondary N) is 1. The fourth-order valence-corrected chi connectivity index (χ4v) is 4.63. The van der Waals surface area contributed by atoms with E-state index in [1.54, 1.807) is 29.5 Å². The molecule has 7 nitrogen and oxygen atoms in total. The van der Waals surface area contributed by atoms with Gasteiger partial charge in [-0.2, -0.15) is 0 Å². The Hall–Kier alpha value is -2.01. The number of ether oxygens (including phenoxy) is 2. The summed E-state index contributed by atoms with van der Waals surface area (Å²) in [5, 5.41) is 10.1. The van der Waals surface area contributed by atoms with Crippen LogP contribution in [-0.4, -0.2) is 38.9 Å². The van der Waals surface area contributed by atoms with Crippen molar-refractivity contribution in [3.05, 3.63) is 52.3 Å². The maximum atomic E-state index is 12.5. The average Bonchev–Trinajstić information content (AvgIpc) is 3.20. The van der Waals surface area contributed by atoms with Crippen LogP contribution in [0.4, 0.5) is 0 Å². The Balaban J connectivity index is 1.56. The lowest BCUT2D eigenvalue weighted by Crippen LogP contribution is -2.28. The summed E-state index contributed by atoms with van der Waals surface area (Å²) in [4.78, 5) is 1.07. The van der Waals surface area contributed by atoms with Gasteiger partial charge in [0.2, 0.25) is 15.9 Å². The van der Waals surface area contributed by atoms with Gasteiger partial charge >= 0.3 is 0 Å². The predicted octanol–water partition coefficient (Wildman–Crippen LogP) is 3.33. The fraction of sp³-hybridized carbons (Fsp3) is 0.176. The number of hydrogen-bond donors (Lipinski definition) is 1. The predicted molar refractivity (Wildman–Crippen MR) is 107 cm³/mol. The molecule has 2 heterocycles. The molecular formula is C17H16BrN3O4S2. The first-order valence-electron chi connectivity index (χ1n) is 7.83. The maximum absolute atomic E-state index is 12.5. The van der Waals surface area contributed by atoms with Gasteiger partial charge in [0.05, 0.1) is 12.0 Å². The second-order valence-electron chi connectivity index (χ2n) is 5.28. The van der Waals surface area contributed by atoms with Crippen LogP contribution in [0, 0.1) is 0 Å². The van der Waals surface area contributed by atoms with Crippen LogP contribution in [0.5, 0.6) is 11.6 Å². The van der Waals surface area contributed by atoms with Crippen molar-refractivity contribution >= 4 is 37.3 Å². The van der Waals surface area contributed by atoms with Gasteiger partial charge < -0.3 is 9.47 Å². The summed E-state index contributed by atoms with van der Waals surface area (Å²) < 4.78 is 38.6. The van der Waals surface area contributed by atoms with E-state index < -0.39 is 10.0 Å². The highest BCUT2D eigenvalue weighted by atomic mass is 79.9. The average molecular weight is 470 g/mol. The highest BCUT2D eigenvalue weighted by Gasteiger charge is 2.19. The molecule has 0 radical (unpaired) electrons. The molecule has 0 atom stereocenters. The molecule has 0 spiro atoms. The van der Waals surface area contributed by atoms with Crippen molar-refractivity contribution in [2.75, 3.05) is 20.3 Å². The van der Waals surface area contributed by atoms with Gasteiger partial charge in [0.15, 0.2) is 0 Å². The summed E-state index contributed by atoms with van der Waals surface area (Å²) in [6.07, 6.45) is 0. The lowest BCUT2D eigenvalue weighted by molar-refractivity contribution is 0.307. The van der Waals surface area contributed by atoms with E-state index in [-0.39, 0.29) is 23.8 Å². The molecule has 142 valence electrons. The Morgan fingerprint density at radius 2 is 2.04 bits per heavy atom. The largest absolute Gasteiger partial charge is 0.495 e. The SMILES string of the molecule is COc1ccc(Br)cc1S(=O)(=O)NCCOc1ccc(-c2cccs2)nn1. The van der Waals surface area contributed by atoms with E-state index in [9.17, 15) is 8.42 Å². The van der Waals surface area contributed by atoms with Crippen LogP contribution < -0.4 is 14.2 Å². The minimum atomic E-state index is -3.74. The molecule has 0 fully saturated rings. The molecule has 1 aromatic carbocycles. The molecule has 0 aliphatic carbocycles. The van der Waals surface area contributed by atoms with Crippen molar-refractivity contribution in [2.45, 2.75) is 4.90 Å². The molecule has 0 bridgehead atoms. The number of methoxy groups -OCH3 is 1. The van der Waals surface area contributed by atoms with Crippen LogP contribution in [0.1, 0.15) is 0 Å². The van der Waals surface area contributed by atoms with Gasteiger partial charge in [-0.15, -0.1) is 21.5 Å².